The molecule has 0 radical (unpaired) electrons. The summed E-state index contributed by atoms with van der Waals surface area (Å²) in [6.07, 6.45) is -0.900. The summed E-state index contributed by atoms with van der Waals surface area (Å²) in [4.78, 5) is 24.3. The van der Waals surface area contributed by atoms with Gasteiger partial charge in [0.2, 0.25) is 6.10 Å². The first kappa shape index (κ1) is 18.6. The van der Waals surface area contributed by atoms with Gasteiger partial charge in [-0.1, -0.05) is 54.6 Å². The Bertz CT molecular complexity index is 1000. The van der Waals surface area contributed by atoms with Crippen LogP contribution in [0.5, 0.6) is 11.5 Å². The molecule has 0 aromatic heterocycles. The molecule has 0 fully saturated rings. The van der Waals surface area contributed by atoms with E-state index in [4.69, 9.17) is 14.2 Å². The number of carbonyl (C=O) groups excluding carboxylic acids is 2. The summed E-state index contributed by atoms with van der Waals surface area (Å²) in [5.41, 5.74) is 2.76. The van der Waals surface area contributed by atoms with Crippen LogP contribution in [0.3, 0.4) is 0 Å². The Morgan fingerprint density at radius 3 is 2.28 bits per heavy atom. The lowest BCUT2D eigenvalue weighted by Crippen LogP contribution is -2.39. The van der Waals surface area contributed by atoms with Crippen LogP contribution >= 0.6 is 0 Å². The van der Waals surface area contributed by atoms with E-state index in [-0.39, 0.29) is 6.61 Å². The van der Waals surface area contributed by atoms with Gasteiger partial charge in [0.15, 0.2) is 18.1 Å². The molecule has 0 aliphatic carbocycles. The van der Waals surface area contributed by atoms with Gasteiger partial charge in [-0.15, -0.1) is 0 Å². The van der Waals surface area contributed by atoms with E-state index in [9.17, 15) is 9.59 Å². The smallest absolute Gasteiger partial charge is 0.351 e. The maximum absolute atomic E-state index is 12.2. The number of ether oxygens (including phenoxy) is 3. The van der Waals surface area contributed by atoms with E-state index in [1.165, 1.54) is 0 Å². The summed E-state index contributed by atoms with van der Waals surface area (Å²) in [6, 6.07) is 24.4. The van der Waals surface area contributed by atoms with Crippen molar-refractivity contribution in [3.8, 4) is 22.6 Å². The summed E-state index contributed by atoms with van der Waals surface area (Å²) in [5, 5.41) is 2.71. The molecule has 1 N–H and O–H groups in total. The standard InChI is InChI=1S/C23H19NO5/c25-22(24-18-12-10-17(11-13-18)16-6-2-1-3-7-16)15-28-23(26)21-14-27-19-8-4-5-9-20(19)29-21/h1-13,21H,14-15H2,(H,24,25)/t21-/m0/s1. The molecule has 0 saturated heterocycles. The second kappa shape index (κ2) is 8.48. The number of anilines is 1. The van der Waals surface area contributed by atoms with Gasteiger partial charge in [0.1, 0.15) is 6.61 Å². The van der Waals surface area contributed by atoms with Crippen molar-refractivity contribution in [1.82, 2.24) is 0 Å². The van der Waals surface area contributed by atoms with Gasteiger partial charge in [-0.3, -0.25) is 4.79 Å². The summed E-state index contributed by atoms with van der Waals surface area (Å²) in [7, 11) is 0. The Hall–Kier alpha value is -3.80. The second-order valence-electron chi connectivity index (χ2n) is 6.46. The number of rotatable bonds is 5. The molecule has 0 unspecified atom stereocenters. The summed E-state index contributed by atoms with van der Waals surface area (Å²) < 4.78 is 16.1. The predicted octanol–water partition coefficient (Wildman–Crippen LogP) is 3.68. The maximum atomic E-state index is 12.2. The summed E-state index contributed by atoms with van der Waals surface area (Å²) >= 11 is 0. The molecular weight excluding hydrogens is 370 g/mol. The first-order valence-corrected chi connectivity index (χ1v) is 9.19. The highest BCUT2D eigenvalue weighted by atomic mass is 16.6. The number of amides is 1. The third kappa shape index (κ3) is 4.55. The first-order chi connectivity index (χ1) is 14.2. The fourth-order valence-corrected chi connectivity index (χ4v) is 2.94. The molecule has 1 aliphatic heterocycles. The lowest BCUT2D eigenvalue weighted by atomic mass is 10.1. The molecule has 1 amide bonds. The van der Waals surface area contributed by atoms with Crippen LogP contribution in [0.25, 0.3) is 11.1 Å². The summed E-state index contributed by atoms with van der Waals surface area (Å²) in [6.45, 7) is -0.362. The van der Waals surface area contributed by atoms with Crippen molar-refractivity contribution in [2.75, 3.05) is 18.5 Å². The molecule has 1 aliphatic rings. The van der Waals surface area contributed by atoms with E-state index in [0.29, 0.717) is 17.2 Å². The number of fused-ring (bicyclic) bond motifs is 1. The van der Waals surface area contributed by atoms with Gasteiger partial charge in [-0.25, -0.2) is 4.79 Å². The highest BCUT2D eigenvalue weighted by Crippen LogP contribution is 2.31. The first-order valence-electron chi connectivity index (χ1n) is 9.19. The normalized spacial score (nSPS) is 14.7. The fraction of sp³-hybridized carbons (Fsp3) is 0.130. The quantitative estimate of drug-likeness (QED) is 0.674. The fourth-order valence-electron chi connectivity index (χ4n) is 2.94. The van der Waals surface area contributed by atoms with Gasteiger partial charge < -0.3 is 19.5 Å². The van der Waals surface area contributed by atoms with E-state index in [2.05, 4.69) is 5.32 Å². The molecule has 3 aromatic carbocycles. The number of esters is 1. The second-order valence-corrected chi connectivity index (χ2v) is 6.46. The molecule has 146 valence electrons. The van der Waals surface area contributed by atoms with Crippen molar-refractivity contribution in [2.45, 2.75) is 6.10 Å². The van der Waals surface area contributed by atoms with Gasteiger partial charge in [0, 0.05) is 5.69 Å². The largest absolute Gasteiger partial charge is 0.485 e. The molecule has 6 nitrogen and oxygen atoms in total. The van der Waals surface area contributed by atoms with Crippen LogP contribution in [-0.2, 0) is 14.3 Å². The van der Waals surface area contributed by atoms with Gasteiger partial charge in [0.25, 0.3) is 5.91 Å². The zero-order valence-corrected chi connectivity index (χ0v) is 15.5. The average Bonchev–Trinajstić information content (AvgIpc) is 2.78. The molecule has 0 bridgehead atoms. The van der Waals surface area contributed by atoms with Gasteiger partial charge in [-0.2, -0.15) is 0 Å². The van der Waals surface area contributed by atoms with Gasteiger partial charge in [-0.05, 0) is 35.4 Å². The maximum Gasteiger partial charge on any atom is 0.351 e. The Morgan fingerprint density at radius 1 is 0.862 bits per heavy atom. The highest BCUT2D eigenvalue weighted by Gasteiger charge is 2.29. The molecule has 0 spiro atoms. The third-order valence-electron chi connectivity index (χ3n) is 4.39. The van der Waals surface area contributed by atoms with Crippen molar-refractivity contribution in [1.29, 1.82) is 0 Å². The van der Waals surface area contributed by atoms with Crippen molar-refractivity contribution < 1.29 is 23.8 Å². The zero-order chi connectivity index (χ0) is 20.1. The van der Waals surface area contributed by atoms with Crippen molar-refractivity contribution >= 4 is 17.6 Å². The van der Waals surface area contributed by atoms with E-state index in [0.717, 1.165) is 11.1 Å². The molecule has 29 heavy (non-hydrogen) atoms. The molecule has 1 heterocycles. The minimum atomic E-state index is -0.900. The van der Waals surface area contributed by atoms with Gasteiger partial charge in [0.05, 0.1) is 0 Å². The Kier molecular flexibility index (Phi) is 5.42. The highest BCUT2D eigenvalue weighted by molar-refractivity contribution is 5.93. The number of nitrogens with one attached hydrogen (secondary N) is 1. The van der Waals surface area contributed by atoms with Crippen molar-refractivity contribution in [2.24, 2.45) is 0 Å². The van der Waals surface area contributed by atoms with E-state index in [1.807, 2.05) is 48.5 Å². The van der Waals surface area contributed by atoms with Crippen LogP contribution in [0.15, 0.2) is 78.9 Å². The number of para-hydroxylation sites is 2. The van der Waals surface area contributed by atoms with Crippen LogP contribution in [0, 0.1) is 0 Å². The molecule has 3 aromatic rings. The molecular formula is C23H19NO5. The van der Waals surface area contributed by atoms with Gasteiger partial charge >= 0.3 is 5.97 Å². The van der Waals surface area contributed by atoms with Crippen LogP contribution < -0.4 is 14.8 Å². The van der Waals surface area contributed by atoms with Crippen LogP contribution in [0.1, 0.15) is 0 Å². The van der Waals surface area contributed by atoms with Crippen molar-refractivity contribution in [3.63, 3.8) is 0 Å². The topological polar surface area (TPSA) is 73.9 Å². The number of hydrogen-bond donors (Lipinski definition) is 1. The third-order valence-corrected chi connectivity index (χ3v) is 4.39. The van der Waals surface area contributed by atoms with E-state index in [1.54, 1.807) is 30.3 Å². The Morgan fingerprint density at radius 2 is 1.52 bits per heavy atom. The SMILES string of the molecule is O=C(COC(=O)[C@@H]1COc2ccccc2O1)Nc1ccc(-c2ccccc2)cc1. The summed E-state index contributed by atoms with van der Waals surface area (Å²) in [5.74, 6) is -0.0195. The van der Waals surface area contributed by atoms with Crippen LogP contribution in [0.4, 0.5) is 5.69 Å². The van der Waals surface area contributed by atoms with Crippen LogP contribution in [-0.4, -0.2) is 31.2 Å². The number of carbonyl (C=O) groups is 2. The van der Waals surface area contributed by atoms with E-state index >= 15 is 0 Å². The monoisotopic (exact) mass is 389 g/mol. The molecule has 4 rings (SSSR count). The van der Waals surface area contributed by atoms with Crippen molar-refractivity contribution in [3.05, 3.63) is 78.9 Å². The number of benzene rings is 3. The minimum Gasteiger partial charge on any atom is -0.485 e. The predicted molar refractivity (Wildman–Crippen MR) is 108 cm³/mol. The lowest BCUT2D eigenvalue weighted by molar-refractivity contribution is -0.156. The molecule has 1 atom stereocenters. The zero-order valence-electron chi connectivity index (χ0n) is 15.5. The lowest BCUT2D eigenvalue weighted by Gasteiger charge is -2.24. The number of hydrogen-bond acceptors (Lipinski definition) is 5. The Labute approximate surface area is 168 Å². The minimum absolute atomic E-state index is 0.0401. The van der Waals surface area contributed by atoms with Crippen LogP contribution in [0.2, 0.25) is 0 Å². The average molecular weight is 389 g/mol. The Balaban J connectivity index is 1.27. The van der Waals surface area contributed by atoms with E-state index < -0.39 is 24.6 Å². The molecule has 0 saturated carbocycles. The molecule has 6 heteroatoms.